The zero-order valence-electron chi connectivity index (χ0n) is 5.52. The molecule has 0 spiro atoms. The molecule has 0 aliphatic heterocycles. The Morgan fingerprint density at radius 1 is 1.62 bits per heavy atom. The van der Waals surface area contributed by atoms with Crippen LogP contribution < -0.4 is 0 Å². The molecule has 1 aliphatic rings. The highest BCUT2D eigenvalue weighted by atomic mass is 14.0. The second-order valence-electron chi connectivity index (χ2n) is 1.65. The summed E-state index contributed by atoms with van der Waals surface area (Å²) >= 11 is 0. The van der Waals surface area contributed by atoms with Crippen LogP contribution in [0.2, 0.25) is 0 Å². The van der Waals surface area contributed by atoms with Crippen molar-refractivity contribution in [2.24, 2.45) is 0 Å². The smallest absolute Gasteiger partial charge is 0.00772 e. The van der Waals surface area contributed by atoms with Gasteiger partial charge in [0.15, 0.2) is 0 Å². The van der Waals surface area contributed by atoms with Gasteiger partial charge in [0.25, 0.3) is 0 Å². The van der Waals surface area contributed by atoms with Crippen LogP contribution in [0.5, 0.6) is 0 Å². The van der Waals surface area contributed by atoms with Gasteiger partial charge in [-0.1, -0.05) is 23.8 Å². The summed E-state index contributed by atoms with van der Waals surface area (Å²) in [6.07, 6.45) is 7.81. The third-order valence-electron chi connectivity index (χ3n) is 0.736. The monoisotopic (exact) mass is 108 g/mol. The molecular weight excluding hydrogens is 96.1 g/mol. The van der Waals surface area contributed by atoms with Crippen molar-refractivity contribution >= 4 is 0 Å². The Labute approximate surface area is 51.9 Å². The first-order chi connectivity index (χ1) is 3.81. The van der Waals surface area contributed by atoms with Crippen molar-refractivity contribution in [3.8, 4) is 0 Å². The lowest BCUT2D eigenvalue weighted by molar-refractivity contribution is 1.67. The molecule has 0 N–H and O–H groups in total. The van der Waals surface area contributed by atoms with Crippen molar-refractivity contribution in [3.05, 3.63) is 37.1 Å². The Kier molecular flexibility index (Phi) is 4.33. The fourth-order valence-corrected chi connectivity index (χ4v) is 0.0833. The van der Waals surface area contributed by atoms with Crippen molar-refractivity contribution in [2.75, 3.05) is 0 Å². The summed E-state index contributed by atoms with van der Waals surface area (Å²) in [7, 11) is 0. The topological polar surface area (TPSA) is 0 Å². The minimum Gasteiger partial charge on any atom is -0.0917 e. The van der Waals surface area contributed by atoms with Crippen molar-refractivity contribution in [2.45, 2.75) is 13.8 Å². The average molecular weight is 108 g/mol. The van der Waals surface area contributed by atoms with Crippen molar-refractivity contribution in [1.82, 2.24) is 0 Å². The third-order valence-corrected chi connectivity index (χ3v) is 0.736. The molecule has 8 heavy (non-hydrogen) atoms. The lowest BCUT2D eigenvalue weighted by atomic mass is 10.6. The summed E-state index contributed by atoms with van der Waals surface area (Å²) in [5.74, 6) is 0. The normalized spacial score (nSPS) is 14.6. The molecule has 0 aromatic heterocycles. The zero-order valence-corrected chi connectivity index (χ0v) is 5.52. The zero-order chi connectivity index (χ0) is 6.41. The molecule has 0 aromatic rings. The van der Waals surface area contributed by atoms with E-state index in [-0.39, 0.29) is 0 Å². The van der Waals surface area contributed by atoms with E-state index in [1.807, 2.05) is 13.0 Å². The average Bonchev–Trinajstić information content (AvgIpc) is 2.52. The molecule has 1 rings (SSSR count). The van der Waals surface area contributed by atoms with Crippen LogP contribution in [0.1, 0.15) is 13.8 Å². The van der Waals surface area contributed by atoms with E-state index in [9.17, 15) is 0 Å². The predicted molar refractivity (Wildman–Crippen MR) is 38.2 cm³/mol. The van der Waals surface area contributed by atoms with Gasteiger partial charge in [0.2, 0.25) is 0 Å². The molecule has 0 bridgehead atoms. The maximum absolute atomic E-state index is 3.42. The van der Waals surface area contributed by atoms with E-state index >= 15 is 0 Å². The maximum atomic E-state index is 3.42. The molecular formula is C8H12. The van der Waals surface area contributed by atoms with Crippen molar-refractivity contribution in [3.63, 3.8) is 0 Å². The highest BCUT2D eigenvalue weighted by Crippen LogP contribution is 2.12. The molecule has 1 aliphatic carbocycles. The van der Waals surface area contributed by atoms with Gasteiger partial charge in [0.05, 0.1) is 0 Å². The summed E-state index contributed by atoms with van der Waals surface area (Å²) < 4.78 is 0. The molecule has 0 amide bonds. The highest BCUT2D eigenvalue weighted by molar-refractivity contribution is 5.36. The Bertz CT molecular complexity index is 92.6. The second-order valence-corrected chi connectivity index (χ2v) is 1.65. The third kappa shape index (κ3) is 9.08. The van der Waals surface area contributed by atoms with Crippen LogP contribution in [-0.4, -0.2) is 0 Å². The molecule has 0 heteroatoms. The predicted octanol–water partition coefficient (Wildman–Crippen LogP) is 2.55. The van der Waals surface area contributed by atoms with Crippen LogP contribution >= 0.6 is 0 Å². The van der Waals surface area contributed by atoms with Crippen LogP contribution in [0.15, 0.2) is 23.8 Å². The quantitative estimate of drug-likeness (QED) is 0.447. The number of rotatable bonds is 0. The van der Waals surface area contributed by atoms with Gasteiger partial charge in [-0.15, -0.1) is 0 Å². The van der Waals surface area contributed by atoms with Gasteiger partial charge in [-0.3, -0.25) is 0 Å². The van der Waals surface area contributed by atoms with Crippen LogP contribution in [0, 0.1) is 13.3 Å². The van der Waals surface area contributed by atoms with Crippen LogP contribution in [0.4, 0.5) is 0 Å². The molecule has 0 nitrogen and oxygen atoms in total. The van der Waals surface area contributed by atoms with Crippen LogP contribution in [0.25, 0.3) is 0 Å². The Hall–Kier alpha value is -0.520. The first-order valence-electron chi connectivity index (χ1n) is 2.73. The molecule has 0 aromatic carbocycles. The van der Waals surface area contributed by atoms with Gasteiger partial charge in [-0.05, 0) is 20.8 Å². The summed E-state index contributed by atoms with van der Waals surface area (Å²) in [5.41, 5.74) is 1.42. The lowest BCUT2D eigenvalue weighted by Gasteiger charge is -1.49. The van der Waals surface area contributed by atoms with Crippen LogP contribution in [-0.2, 0) is 0 Å². The Morgan fingerprint density at radius 2 is 1.88 bits per heavy atom. The van der Waals surface area contributed by atoms with Gasteiger partial charge in [-0.2, -0.15) is 0 Å². The second kappa shape index (κ2) is 4.63. The maximum Gasteiger partial charge on any atom is 0.00772 e. The first kappa shape index (κ1) is 7.48. The first-order valence-corrected chi connectivity index (χ1v) is 2.73. The molecule has 0 heterocycles. The largest absolute Gasteiger partial charge is 0.0917 e. The van der Waals surface area contributed by atoms with Gasteiger partial charge < -0.3 is 0 Å². The molecule has 0 saturated heterocycles. The molecule has 2 radical (unpaired) electrons. The standard InChI is InChI=1S/C4H5.C4H7/c1-4-2-3-4;1-3-4-2/h2-3H,1H3;3-4H,1H2,2H3. The lowest BCUT2D eigenvalue weighted by Crippen LogP contribution is -1.28. The van der Waals surface area contributed by atoms with E-state index < -0.39 is 0 Å². The summed E-state index contributed by atoms with van der Waals surface area (Å²) in [5, 5.41) is 0. The van der Waals surface area contributed by atoms with Crippen molar-refractivity contribution in [1.29, 1.82) is 0 Å². The fraction of sp³-hybridized carbons (Fsp3) is 0.250. The van der Waals surface area contributed by atoms with E-state index in [4.69, 9.17) is 0 Å². The van der Waals surface area contributed by atoms with Gasteiger partial charge in [-0.25, -0.2) is 0 Å². The van der Waals surface area contributed by atoms with Gasteiger partial charge >= 0.3 is 0 Å². The number of allylic oxidation sites excluding steroid dienone is 4. The minimum atomic E-state index is 1.42. The molecule has 0 unspecified atom stereocenters. The molecule has 44 valence electrons. The van der Waals surface area contributed by atoms with E-state index in [2.05, 4.69) is 26.3 Å². The fourth-order valence-electron chi connectivity index (χ4n) is 0.0833. The number of hydrogen-bond donors (Lipinski definition) is 0. The van der Waals surface area contributed by atoms with Gasteiger partial charge in [0, 0.05) is 6.42 Å². The van der Waals surface area contributed by atoms with Crippen LogP contribution in [0.3, 0.4) is 0 Å². The SMILES string of the molecule is CC1=C[CH]1.[CH2]C=CC. The van der Waals surface area contributed by atoms with E-state index in [1.165, 1.54) is 5.57 Å². The highest BCUT2D eigenvalue weighted by Gasteiger charge is 1.95. The molecule has 0 fully saturated rings. The Morgan fingerprint density at radius 3 is 1.88 bits per heavy atom. The summed E-state index contributed by atoms with van der Waals surface area (Å²) in [6, 6.07) is 0. The van der Waals surface area contributed by atoms with E-state index in [0.717, 1.165) is 0 Å². The van der Waals surface area contributed by atoms with E-state index in [0.29, 0.717) is 0 Å². The molecule has 0 saturated carbocycles. The summed E-state index contributed by atoms with van der Waals surface area (Å²) in [4.78, 5) is 0. The molecule has 0 atom stereocenters. The summed E-state index contributed by atoms with van der Waals surface area (Å²) in [6.45, 7) is 7.44. The number of hydrogen-bond acceptors (Lipinski definition) is 0. The Balaban J connectivity index is 0.000000122. The van der Waals surface area contributed by atoms with Crippen molar-refractivity contribution < 1.29 is 0 Å². The van der Waals surface area contributed by atoms with E-state index in [1.54, 1.807) is 6.08 Å². The van der Waals surface area contributed by atoms with Gasteiger partial charge in [0.1, 0.15) is 0 Å². The minimum absolute atomic E-state index is 1.42.